The summed E-state index contributed by atoms with van der Waals surface area (Å²) in [5.74, 6) is 1.59. The fourth-order valence-corrected chi connectivity index (χ4v) is 3.33. The van der Waals surface area contributed by atoms with Crippen LogP contribution in [0.2, 0.25) is 0 Å². The van der Waals surface area contributed by atoms with E-state index in [4.69, 9.17) is 4.74 Å². The molecule has 9 heteroatoms. The number of methoxy groups -OCH3 is 1. The van der Waals surface area contributed by atoms with Crippen LogP contribution in [0.5, 0.6) is 5.75 Å². The number of halogens is 1. The van der Waals surface area contributed by atoms with Crippen LogP contribution in [0.15, 0.2) is 29.5 Å². The first-order valence-electron chi connectivity index (χ1n) is 9.44. The van der Waals surface area contributed by atoms with E-state index < -0.39 is 0 Å². The smallest absolute Gasteiger partial charge is 0.191 e. The summed E-state index contributed by atoms with van der Waals surface area (Å²) in [5.41, 5.74) is 0.964. The molecule has 1 aliphatic rings. The number of ether oxygens (including phenoxy) is 1. The fraction of sp³-hybridized carbons (Fsp3) is 0.526. The lowest BCUT2D eigenvalue weighted by Gasteiger charge is -2.33. The largest absolute Gasteiger partial charge is 0.494 e. The third-order valence-electron chi connectivity index (χ3n) is 4.99. The van der Waals surface area contributed by atoms with Gasteiger partial charge in [-0.05, 0) is 30.5 Å². The van der Waals surface area contributed by atoms with Crippen molar-refractivity contribution in [3.05, 3.63) is 41.7 Å². The van der Waals surface area contributed by atoms with Gasteiger partial charge in [-0.2, -0.15) is 5.10 Å². The Bertz CT molecular complexity index is 799. The quantitative estimate of drug-likeness (QED) is 0.573. The molecule has 2 aromatic rings. The highest BCUT2D eigenvalue weighted by Gasteiger charge is 2.20. The van der Waals surface area contributed by atoms with Crippen LogP contribution < -0.4 is 15.4 Å². The highest BCUT2D eigenvalue weighted by atomic mass is 19.1. The Morgan fingerprint density at radius 1 is 1.36 bits per heavy atom. The van der Waals surface area contributed by atoms with Crippen molar-refractivity contribution in [3.8, 4) is 5.75 Å². The summed E-state index contributed by atoms with van der Waals surface area (Å²) in [6.07, 6.45) is 3.55. The van der Waals surface area contributed by atoms with Crippen LogP contribution in [0.1, 0.15) is 24.2 Å². The Morgan fingerprint density at radius 2 is 2.14 bits per heavy atom. The van der Waals surface area contributed by atoms with E-state index in [1.54, 1.807) is 23.9 Å². The number of aromatic nitrogens is 3. The number of aliphatic imine (C=N–C) groups is 1. The van der Waals surface area contributed by atoms with Gasteiger partial charge in [-0.25, -0.2) is 9.37 Å². The Kier molecular flexibility index (Phi) is 6.80. The van der Waals surface area contributed by atoms with Crippen LogP contribution in [-0.2, 0) is 20.1 Å². The van der Waals surface area contributed by atoms with Gasteiger partial charge in [0.1, 0.15) is 12.2 Å². The molecule has 1 saturated heterocycles. The summed E-state index contributed by atoms with van der Waals surface area (Å²) in [6.45, 7) is 3.21. The van der Waals surface area contributed by atoms with Crippen molar-refractivity contribution < 1.29 is 9.13 Å². The molecule has 0 aliphatic carbocycles. The number of likely N-dealkylation sites (tertiary alicyclic amines) is 1. The van der Waals surface area contributed by atoms with Gasteiger partial charge in [0.25, 0.3) is 0 Å². The first-order valence-corrected chi connectivity index (χ1v) is 9.44. The zero-order chi connectivity index (χ0) is 19.9. The van der Waals surface area contributed by atoms with Crippen molar-refractivity contribution in [1.29, 1.82) is 0 Å². The van der Waals surface area contributed by atoms with Gasteiger partial charge in [-0.15, -0.1) is 0 Å². The summed E-state index contributed by atoms with van der Waals surface area (Å²) in [4.78, 5) is 10.8. The van der Waals surface area contributed by atoms with Crippen molar-refractivity contribution in [1.82, 2.24) is 30.3 Å². The van der Waals surface area contributed by atoms with Crippen LogP contribution in [0.4, 0.5) is 4.39 Å². The molecular weight excluding hydrogens is 361 g/mol. The lowest BCUT2D eigenvalue weighted by Crippen LogP contribution is -2.48. The Balaban J connectivity index is 1.44. The molecule has 1 aromatic heterocycles. The van der Waals surface area contributed by atoms with Crippen LogP contribution in [0.25, 0.3) is 0 Å². The van der Waals surface area contributed by atoms with E-state index >= 15 is 0 Å². The van der Waals surface area contributed by atoms with Gasteiger partial charge in [0.15, 0.2) is 17.5 Å². The molecule has 3 rings (SSSR count). The number of guanidine groups is 1. The standard InChI is InChI=1S/C19H28FN7O/c1-21-19(22-11-18-23-13-24-26(18)2)25-15-6-8-27(9-7-15)12-14-4-5-17(28-3)16(20)10-14/h4-5,10,13,15H,6-9,11-12H2,1-3H3,(H2,21,22,25). The van der Waals surface area contributed by atoms with Gasteiger partial charge >= 0.3 is 0 Å². The molecule has 2 N–H and O–H groups in total. The number of nitrogens with zero attached hydrogens (tertiary/aromatic N) is 5. The van der Waals surface area contributed by atoms with Crippen molar-refractivity contribution >= 4 is 5.96 Å². The second-order valence-electron chi connectivity index (χ2n) is 6.89. The van der Waals surface area contributed by atoms with Gasteiger partial charge in [0.2, 0.25) is 0 Å². The topological polar surface area (TPSA) is 79.6 Å². The molecule has 2 heterocycles. The highest BCUT2D eigenvalue weighted by Crippen LogP contribution is 2.20. The zero-order valence-electron chi connectivity index (χ0n) is 16.7. The van der Waals surface area contributed by atoms with Crippen LogP contribution >= 0.6 is 0 Å². The number of nitrogens with one attached hydrogen (secondary N) is 2. The predicted octanol–water partition coefficient (Wildman–Crippen LogP) is 1.29. The van der Waals surface area contributed by atoms with E-state index in [9.17, 15) is 4.39 Å². The number of piperidine rings is 1. The van der Waals surface area contributed by atoms with E-state index in [-0.39, 0.29) is 11.6 Å². The van der Waals surface area contributed by atoms with E-state index in [2.05, 4.69) is 30.6 Å². The van der Waals surface area contributed by atoms with Crippen LogP contribution in [0, 0.1) is 5.82 Å². The van der Waals surface area contributed by atoms with E-state index in [0.717, 1.165) is 49.8 Å². The maximum absolute atomic E-state index is 13.9. The van der Waals surface area contributed by atoms with E-state index in [0.29, 0.717) is 12.6 Å². The maximum Gasteiger partial charge on any atom is 0.191 e. The van der Waals surface area contributed by atoms with Gasteiger partial charge in [0, 0.05) is 39.8 Å². The molecule has 1 aromatic carbocycles. The number of aryl methyl sites for hydroxylation is 1. The molecule has 1 fully saturated rings. The average molecular weight is 389 g/mol. The molecular formula is C19H28FN7O. The monoisotopic (exact) mass is 389 g/mol. The van der Waals surface area contributed by atoms with Gasteiger partial charge in [-0.1, -0.05) is 6.07 Å². The van der Waals surface area contributed by atoms with Crippen molar-refractivity contribution in [2.24, 2.45) is 12.0 Å². The first-order chi connectivity index (χ1) is 13.6. The molecule has 0 spiro atoms. The summed E-state index contributed by atoms with van der Waals surface area (Å²) >= 11 is 0. The Morgan fingerprint density at radius 3 is 2.75 bits per heavy atom. The maximum atomic E-state index is 13.9. The number of hydrogen-bond acceptors (Lipinski definition) is 5. The molecule has 0 atom stereocenters. The number of benzene rings is 1. The molecule has 0 amide bonds. The molecule has 0 saturated carbocycles. The highest BCUT2D eigenvalue weighted by molar-refractivity contribution is 5.79. The molecule has 8 nitrogen and oxygen atoms in total. The molecule has 28 heavy (non-hydrogen) atoms. The molecule has 152 valence electrons. The summed E-state index contributed by atoms with van der Waals surface area (Å²) in [7, 11) is 5.11. The lowest BCUT2D eigenvalue weighted by molar-refractivity contribution is 0.198. The van der Waals surface area contributed by atoms with Crippen molar-refractivity contribution in [2.45, 2.75) is 32.0 Å². The third kappa shape index (κ3) is 5.19. The number of hydrogen-bond donors (Lipinski definition) is 2. The SMILES string of the molecule is CN=C(NCc1ncnn1C)NC1CCN(Cc2ccc(OC)c(F)c2)CC1. The predicted molar refractivity (Wildman–Crippen MR) is 106 cm³/mol. The lowest BCUT2D eigenvalue weighted by atomic mass is 10.0. The van der Waals surface area contributed by atoms with Crippen molar-refractivity contribution in [2.75, 3.05) is 27.2 Å². The minimum atomic E-state index is -0.311. The average Bonchev–Trinajstić information content (AvgIpc) is 3.11. The van der Waals surface area contributed by atoms with Gasteiger partial charge in [-0.3, -0.25) is 14.6 Å². The second-order valence-corrected chi connectivity index (χ2v) is 6.89. The minimum absolute atomic E-state index is 0.284. The summed E-state index contributed by atoms with van der Waals surface area (Å²) in [6, 6.07) is 5.52. The zero-order valence-corrected chi connectivity index (χ0v) is 16.7. The molecule has 1 aliphatic heterocycles. The molecule has 0 bridgehead atoms. The summed E-state index contributed by atoms with van der Waals surface area (Å²) < 4.78 is 20.6. The molecule has 0 unspecified atom stereocenters. The van der Waals surface area contributed by atoms with Crippen molar-refractivity contribution in [3.63, 3.8) is 0 Å². The second kappa shape index (κ2) is 9.50. The van der Waals surface area contributed by atoms with Crippen LogP contribution in [0.3, 0.4) is 0 Å². The van der Waals surface area contributed by atoms with Gasteiger partial charge < -0.3 is 15.4 Å². The first kappa shape index (κ1) is 20.1. The minimum Gasteiger partial charge on any atom is -0.494 e. The van der Waals surface area contributed by atoms with E-state index in [1.807, 2.05) is 13.1 Å². The normalized spacial score (nSPS) is 16.2. The summed E-state index contributed by atoms with van der Waals surface area (Å²) in [5, 5.41) is 10.8. The number of rotatable bonds is 6. The van der Waals surface area contributed by atoms with Gasteiger partial charge in [0.05, 0.1) is 13.7 Å². The Hall–Kier alpha value is -2.68. The fourth-order valence-electron chi connectivity index (χ4n) is 3.33. The third-order valence-corrected chi connectivity index (χ3v) is 4.99. The Labute approximate surface area is 164 Å². The van der Waals surface area contributed by atoms with E-state index in [1.165, 1.54) is 13.4 Å². The molecule has 0 radical (unpaired) electrons. The van der Waals surface area contributed by atoms with Crippen LogP contribution in [-0.4, -0.2) is 58.9 Å².